The molecule has 1 aliphatic heterocycles. The first-order chi connectivity index (χ1) is 16.0. The third-order valence-corrected chi connectivity index (χ3v) is 6.31. The van der Waals surface area contributed by atoms with Crippen LogP contribution in [-0.4, -0.2) is 59.0 Å². The fourth-order valence-electron chi connectivity index (χ4n) is 4.46. The number of fused-ring (bicyclic) bond motifs is 1. The Labute approximate surface area is 200 Å². The van der Waals surface area contributed by atoms with Crippen LogP contribution in [-0.2, 0) is 14.3 Å². The summed E-state index contributed by atoms with van der Waals surface area (Å²) in [5.74, 6) is -1.24. The van der Waals surface area contributed by atoms with Crippen molar-refractivity contribution >= 4 is 23.7 Å². The summed E-state index contributed by atoms with van der Waals surface area (Å²) in [6, 6.07) is 8.00. The van der Waals surface area contributed by atoms with E-state index in [1.54, 1.807) is 20.8 Å². The Morgan fingerprint density at radius 1 is 1.21 bits per heavy atom. The summed E-state index contributed by atoms with van der Waals surface area (Å²) in [6.07, 6.45) is 2.88. The highest BCUT2D eigenvalue weighted by molar-refractivity contribution is 5.86. The van der Waals surface area contributed by atoms with Gasteiger partial charge in [-0.2, -0.15) is 0 Å². The average molecular weight is 471 g/mol. The second-order valence-electron chi connectivity index (χ2n) is 9.81. The highest BCUT2D eigenvalue weighted by Crippen LogP contribution is 2.42. The molecule has 34 heavy (non-hydrogen) atoms. The van der Waals surface area contributed by atoms with E-state index in [1.807, 2.05) is 50.3 Å². The van der Waals surface area contributed by atoms with Crippen LogP contribution in [0.4, 0.5) is 9.59 Å². The third kappa shape index (κ3) is 5.43. The summed E-state index contributed by atoms with van der Waals surface area (Å²) >= 11 is 0. The first kappa shape index (κ1) is 25.3. The minimum Gasteiger partial charge on any atom is -0.480 e. The van der Waals surface area contributed by atoms with Gasteiger partial charge < -0.3 is 24.8 Å². The summed E-state index contributed by atoms with van der Waals surface area (Å²) in [4.78, 5) is 38.5. The number of piperidine rings is 1. The van der Waals surface area contributed by atoms with Crippen molar-refractivity contribution in [3.8, 4) is 0 Å². The van der Waals surface area contributed by atoms with E-state index in [0.29, 0.717) is 0 Å². The minimum atomic E-state index is -1.50. The largest absolute Gasteiger partial charge is 0.480 e. The summed E-state index contributed by atoms with van der Waals surface area (Å²) in [5, 5.41) is 12.4. The summed E-state index contributed by atoms with van der Waals surface area (Å²) < 4.78 is 10.9. The number of carbonyl (C=O) groups is 3. The van der Waals surface area contributed by atoms with Gasteiger partial charge in [0.05, 0.1) is 0 Å². The smallest absolute Gasteiger partial charge is 0.410 e. The number of carboxylic acid groups (broad SMARTS) is 1. The predicted octanol–water partition coefficient (Wildman–Crippen LogP) is 4.71. The second kappa shape index (κ2) is 9.91. The van der Waals surface area contributed by atoms with Gasteiger partial charge in [-0.25, -0.2) is 14.4 Å². The maximum Gasteiger partial charge on any atom is 0.410 e. The lowest BCUT2D eigenvalue weighted by atomic mass is 9.88. The fourth-order valence-corrected chi connectivity index (χ4v) is 4.46. The number of allylic oxidation sites excluding steroid dienone is 3. The molecular weight excluding hydrogens is 436 g/mol. The van der Waals surface area contributed by atoms with Crippen molar-refractivity contribution in [1.82, 2.24) is 10.2 Å². The lowest BCUT2D eigenvalue weighted by Crippen LogP contribution is -2.61. The van der Waals surface area contributed by atoms with Crippen molar-refractivity contribution < 1.29 is 29.0 Å². The Morgan fingerprint density at radius 3 is 2.44 bits per heavy atom. The number of ether oxygens (including phenoxy) is 2. The highest BCUT2D eigenvalue weighted by atomic mass is 16.6. The van der Waals surface area contributed by atoms with Crippen LogP contribution in [0.3, 0.4) is 0 Å². The van der Waals surface area contributed by atoms with Crippen molar-refractivity contribution in [3.63, 3.8) is 0 Å². The van der Waals surface area contributed by atoms with Gasteiger partial charge in [-0.1, -0.05) is 42.0 Å². The molecule has 2 amide bonds. The lowest BCUT2D eigenvalue weighted by Gasteiger charge is -2.39. The normalized spacial score (nSPS) is 19.7. The predicted molar refractivity (Wildman–Crippen MR) is 128 cm³/mol. The molecule has 8 heteroatoms. The van der Waals surface area contributed by atoms with Gasteiger partial charge in [0.15, 0.2) is 0 Å². The number of likely N-dealkylation sites (tertiary alicyclic amines) is 1. The molecule has 184 valence electrons. The monoisotopic (exact) mass is 470 g/mol. The molecule has 8 nitrogen and oxygen atoms in total. The Hall–Kier alpha value is -3.29. The Kier molecular flexibility index (Phi) is 7.38. The number of hydrogen-bond acceptors (Lipinski definition) is 5. The van der Waals surface area contributed by atoms with Gasteiger partial charge in [0, 0.05) is 19.0 Å². The van der Waals surface area contributed by atoms with Gasteiger partial charge in [-0.3, -0.25) is 0 Å². The number of alkyl carbamates (subject to hydrolysis) is 1. The number of hydrogen-bond donors (Lipinski definition) is 2. The Morgan fingerprint density at radius 2 is 1.85 bits per heavy atom. The van der Waals surface area contributed by atoms with Gasteiger partial charge in [0.25, 0.3) is 0 Å². The van der Waals surface area contributed by atoms with Crippen LogP contribution in [0.1, 0.15) is 64.5 Å². The van der Waals surface area contributed by atoms with Crippen LogP contribution < -0.4 is 5.32 Å². The molecule has 1 aliphatic carbocycles. The van der Waals surface area contributed by atoms with Crippen LogP contribution in [0.2, 0.25) is 0 Å². The zero-order valence-electron chi connectivity index (χ0n) is 20.5. The molecule has 1 saturated heterocycles. The van der Waals surface area contributed by atoms with E-state index in [9.17, 15) is 19.5 Å². The molecule has 0 aromatic heterocycles. The number of carbonyl (C=O) groups excluding carboxylic acids is 2. The number of benzene rings is 1. The van der Waals surface area contributed by atoms with Crippen LogP contribution in [0.25, 0.3) is 5.57 Å². The van der Waals surface area contributed by atoms with E-state index >= 15 is 0 Å². The van der Waals surface area contributed by atoms with E-state index in [1.165, 1.54) is 4.90 Å². The van der Waals surface area contributed by atoms with Gasteiger partial charge in [-0.15, -0.1) is 0 Å². The zero-order chi connectivity index (χ0) is 25.1. The molecule has 1 heterocycles. The maximum absolute atomic E-state index is 12.7. The summed E-state index contributed by atoms with van der Waals surface area (Å²) in [7, 11) is 0. The van der Waals surface area contributed by atoms with Crippen molar-refractivity contribution in [2.24, 2.45) is 0 Å². The van der Waals surface area contributed by atoms with Crippen molar-refractivity contribution in [1.29, 1.82) is 0 Å². The van der Waals surface area contributed by atoms with E-state index in [4.69, 9.17) is 9.47 Å². The van der Waals surface area contributed by atoms with Crippen LogP contribution in [0.5, 0.6) is 0 Å². The van der Waals surface area contributed by atoms with Crippen LogP contribution in [0.15, 0.2) is 42.0 Å². The maximum atomic E-state index is 12.7. The molecule has 1 atom stereocenters. The second-order valence-corrected chi connectivity index (χ2v) is 9.81. The quantitative estimate of drug-likeness (QED) is 0.646. The Balaban J connectivity index is 1.63. The molecule has 1 aromatic carbocycles. The summed E-state index contributed by atoms with van der Waals surface area (Å²) in [6.45, 7) is 9.72. The van der Waals surface area contributed by atoms with Crippen LogP contribution >= 0.6 is 0 Å². The van der Waals surface area contributed by atoms with E-state index in [-0.39, 0.29) is 38.5 Å². The highest BCUT2D eigenvalue weighted by Gasteiger charge is 2.45. The fraction of sp³-hybridized carbons (Fsp3) is 0.500. The summed E-state index contributed by atoms with van der Waals surface area (Å²) in [5.41, 5.74) is 2.28. The molecule has 2 aliphatic rings. The molecule has 1 aromatic rings. The molecule has 1 unspecified atom stereocenters. The Bertz CT molecular complexity index is 1010. The van der Waals surface area contributed by atoms with Crippen LogP contribution in [0, 0.1) is 0 Å². The van der Waals surface area contributed by atoms with E-state index in [2.05, 4.69) is 5.32 Å². The molecule has 0 radical (unpaired) electrons. The topological polar surface area (TPSA) is 105 Å². The molecule has 3 rings (SSSR count). The standard InChI is InChI=1S/C26H34N2O6/c1-6-9-18-17(2)21(20-11-8-7-10-19(18)20)16-33-23(31)27-26(22(29)30)12-14-28(15-13-26)24(32)34-25(3,4)5/h6-11,21H,12-16H2,1-5H3,(H,27,31)(H,29,30)/b9-6-. The average Bonchev–Trinajstić information content (AvgIpc) is 3.03. The number of rotatable bonds is 5. The lowest BCUT2D eigenvalue weighted by molar-refractivity contribution is -0.146. The molecule has 1 fully saturated rings. The SMILES string of the molecule is C/C=C\C1=C(C)C(COC(=O)NC2(C(=O)O)CCN(C(=O)OC(C)(C)C)CC2)c2ccccc21. The zero-order valence-corrected chi connectivity index (χ0v) is 20.5. The molecule has 0 bridgehead atoms. The van der Waals surface area contributed by atoms with Crippen molar-refractivity contribution in [3.05, 3.63) is 53.1 Å². The van der Waals surface area contributed by atoms with Gasteiger partial charge in [0.2, 0.25) is 0 Å². The van der Waals surface area contributed by atoms with Gasteiger partial charge >= 0.3 is 18.2 Å². The molecule has 2 N–H and O–H groups in total. The van der Waals surface area contributed by atoms with Gasteiger partial charge in [0.1, 0.15) is 17.7 Å². The van der Waals surface area contributed by atoms with Gasteiger partial charge in [-0.05, 0) is 64.2 Å². The minimum absolute atomic E-state index is 0.0628. The first-order valence-electron chi connectivity index (χ1n) is 11.6. The number of carboxylic acids is 1. The number of nitrogens with zero attached hydrogens (tertiary/aromatic N) is 1. The third-order valence-electron chi connectivity index (χ3n) is 6.31. The van der Waals surface area contributed by atoms with Crippen molar-refractivity contribution in [2.75, 3.05) is 19.7 Å². The van der Waals surface area contributed by atoms with E-state index < -0.39 is 29.3 Å². The molecular formula is C26H34N2O6. The molecule has 0 spiro atoms. The number of aliphatic carboxylic acids is 1. The number of nitrogens with one attached hydrogen (secondary N) is 1. The number of amides is 2. The molecule has 0 saturated carbocycles. The first-order valence-corrected chi connectivity index (χ1v) is 11.6. The van der Waals surface area contributed by atoms with E-state index in [0.717, 1.165) is 22.3 Å². The van der Waals surface area contributed by atoms with Crippen molar-refractivity contribution in [2.45, 2.75) is 64.5 Å².